The number of nitrogens with one attached hydrogen (secondary N) is 2. The maximum atomic E-state index is 11.3. The third-order valence-electron chi connectivity index (χ3n) is 2.23. The minimum absolute atomic E-state index is 0.302. The highest BCUT2D eigenvalue weighted by atomic mass is 16.6. The van der Waals surface area contributed by atoms with Gasteiger partial charge in [-0.3, -0.25) is 14.9 Å². The monoisotopic (exact) mass is 235 g/mol. The second kappa shape index (κ2) is 5.82. The van der Waals surface area contributed by atoms with Crippen molar-refractivity contribution in [2.45, 2.75) is 13.3 Å². The lowest BCUT2D eigenvalue weighted by Crippen LogP contribution is -2.13. The van der Waals surface area contributed by atoms with E-state index in [9.17, 15) is 14.9 Å². The van der Waals surface area contributed by atoms with Crippen LogP contribution in [0.2, 0.25) is 0 Å². The number of nitro groups is 1. The summed E-state index contributed by atoms with van der Waals surface area (Å²) in [7, 11) is 1.82. The Labute approximate surface area is 98.2 Å². The van der Waals surface area contributed by atoms with Gasteiger partial charge in [-0.1, -0.05) is 11.8 Å². The highest BCUT2D eigenvalue weighted by molar-refractivity contribution is 5.49. The molecule has 0 atom stereocenters. The molecule has 0 saturated carbocycles. The lowest BCUT2D eigenvalue weighted by Gasteiger charge is -1.98. The molecule has 0 bridgehead atoms. The maximum Gasteiger partial charge on any atom is 0.337 e. The SMILES string of the molecule is CNCCC#Cc1c[nH]c(=O)c([N+](=O)[O-])c1C. The number of rotatable bonds is 3. The largest absolute Gasteiger partial charge is 0.337 e. The molecule has 2 N–H and O–H groups in total. The molecule has 0 aliphatic heterocycles. The first-order valence-corrected chi connectivity index (χ1v) is 5.08. The molecule has 0 fully saturated rings. The standard InChI is InChI=1S/C11H13N3O3/c1-8-9(5-3-4-6-12-2)7-13-11(15)10(8)14(16)17/h7,12H,4,6H2,1-2H3,(H,13,15). The van der Waals surface area contributed by atoms with Crippen LogP contribution < -0.4 is 10.9 Å². The van der Waals surface area contributed by atoms with E-state index in [0.29, 0.717) is 17.5 Å². The number of pyridine rings is 1. The predicted octanol–water partition coefficient (Wildman–Crippen LogP) is 0.553. The quantitative estimate of drug-likeness (QED) is 0.346. The lowest BCUT2D eigenvalue weighted by molar-refractivity contribution is -0.386. The molecule has 1 aromatic rings. The Morgan fingerprint density at radius 3 is 2.88 bits per heavy atom. The Kier molecular flexibility index (Phi) is 4.43. The Balaban J connectivity index is 3.10. The summed E-state index contributed by atoms with van der Waals surface area (Å²) < 4.78 is 0. The average Bonchev–Trinajstić information content (AvgIpc) is 2.26. The molecule has 6 heteroatoms. The van der Waals surface area contributed by atoms with Gasteiger partial charge >= 0.3 is 11.2 Å². The molecule has 90 valence electrons. The summed E-state index contributed by atoms with van der Waals surface area (Å²) in [6.45, 7) is 2.27. The van der Waals surface area contributed by atoms with Crippen molar-refractivity contribution in [1.29, 1.82) is 0 Å². The van der Waals surface area contributed by atoms with Gasteiger partial charge in [0.25, 0.3) is 0 Å². The van der Waals surface area contributed by atoms with Crippen molar-refractivity contribution in [1.82, 2.24) is 10.3 Å². The van der Waals surface area contributed by atoms with Crippen molar-refractivity contribution in [2.75, 3.05) is 13.6 Å². The Morgan fingerprint density at radius 1 is 1.59 bits per heavy atom. The van der Waals surface area contributed by atoms with E-state index in [4.69, 9.17) is 0 Å². The van der Waals surface area contributed by atoms with Gasteiger partial charge in [-0.15, -0.1) is 0 Å². The number of nitrogens with zero attached hydrogens (tertiary/aromatic N) is 1. The summed E-state index contributed by atoms with van der Waals surface area (Å²) in [5.41, 5.74) is -0.359. The molecule has 0 aromatic carbocycles. The van der Waals surface area contributed by atoms with Gasteiger partial charge in [-0.25, -0.2) is 0 Å². The number of hydrogen-bond acceptors (Lipinski definition) is 4. The van der Waals surface area contributed by atoms with Crippen molar-refractivity contribution in [2.24, 2.45) is 0 Å². The molecule has 17 heavy (non-hydrogen) atoms. The van der Waals surface area contributed by atoms with Gasteiger partial charge in [0.15, 0.2) is 0 Å². The predicted molar refractivity (Wildman–Crippen MR) is 63.9 cm³/mol. The molecule has 0 saturated heterocycles. The number of H-pyrrole nitrogens is 1. The van der Waals surface area contributed by atoms with Crippen LogP contribution in [0.1, 0.15) is 17.5 Å². The van der Waals surface area contributed by atoms with Crippen LogP contribution in [-0.4, -0.2) is 23.5 Å². The van der Waals surface area contributed by atoms with Crippen LogP contribution in [0.15, 0.2) is 11.0 Å². The topological polar surface area (TPSA) is 88.0 Å². The summed E-state index contributed by atoms with van der Waals surface area (Å²) in [5, 5.41) is 13.6. The summed E-state index contributed by atoms with van der Waals surface area (Å²) in [6, 6.07) is 0. The molecule has 0 spiro atoms. The lowest BCUT2D eigenvalue weighted by atomic mass is 10.1. The van der Waals surface area contributed by atoms with E-state index in [1.165, 1.54) is 13.1 Å². The van der Waals surface area contributed by atoms with E-state index in [-0.39, 0.29) is 0 Å². The van der Waals surface area contributed by atoms with Crippen molar-refractivity contribution in [3.8, 4) is 11.8 Å². The first kappa shape index (κ1) is 12.9. The highest BCUT2D eigenvalue weighted by Gasteiger charge is 2.18. The molecule has 0 unspecified atom stereocenters. The zero-order chi connectivity index (χ0) is 12.8. The molecule has 1 rings (SSSR count). The normalized spacial score (nSPS) is 9.53. The minimum Gasteiger partial charge on any atom is -0.322 e. The molecule has 0 aliphatic rings. The van der Waals surface area contributed by atoms with Gasteiger partial charge in [0.2, 0.25) is 0 Å². The molecular weight excluding hydrogens is 222 g/mol. The molecule has 0 amide bonds. The molecule has 0 aliphatic carbocycles. The van der Waals surface area contributed by atoms with Crippen molar-refractivity contribution in [3.05, 3.63) is 37.8 Å². The summed E-state index contributed by atoms with van der Waals surface area (Å²) in [6.07, 6.45) is 2.04. The molecular formula is C11H13N3O3. The molecule has 1 aromatic heterocycles. The van der Waals surface area contributed by atoms with Gasteiger partial charge in [-0.2, -0.15) is 0 Å². The summed E-state index contributed by atoms with van der Waals surface area (Å²) >= 11 is 0. The van der Waals surface area contributed by atoms with Crippen LogP contribution in [0.4, 0.5) is 5.69 Å². The molecule has 0 radical (unpaired) electrons. The number of aromatic nitrogens is 1. The van der Waals surface area contributed by atoms with Crippen molar-refractivity contribution >= 4 is 5.69 Å². The Hall–Kier alpha value is -2.13. The van der Waals surface area contributed by atoms with Gasteiger partial charge < -0.3 is 10.3 Å². The highest BCUT2D eigenvalue weighted by Crippen LogP contribution is 2.14. The Morgan fingerprint density at radius 2 is 2.29 bits per heavy atom. The minimum atomic E-state index is -0.701. The van der Waals surface area contributed by atoms with Crippen LogP contribution >= 0.6 is 0 Å². The molecule has 1 heterocycles. The van der Waals surface area contributed by atoms with Crippen LogP contribution in [-0.2, 0) is 0 Å². The molecule has 6 nitrogen and oxygen atoms in total. The van der Waals surface area contributed by atoms with Gasteiger partial charge in [0.1, 0.15) is 0 Å². The zero-order valence-electron chi connectivity index (χ0n) is 9.66. The second-order valence-electron chi connectivity index (χ2n) is 3.42. The maximum absolute atomic E-state index is 11.3. The summed E-state index contributed by atoms with van der Waals surface area (Å²) in [5.74, 6) is 5.68. The Bertz CT molecular complexity index is 537. The van der Waals surface area contributed by atoms with E-state index in [1.54, 1.807) is 0 Å². The van der Waals surface area contributed by atoms with Gasteiger partial charge in [-0.05, 0) is 14.0 Å². The number of hydrogen-bond donors (Lipinski definition) is 2. The first-order chi connectivity index (χ1) is 8.07. The van der Waals surface area contributed by atoms with E-state index in [2.05, 4.69) is 22.1 Å². The van der Waals surface area contributed by atoms with Gasteiger partial charge in [0, 0.05) is 24.7 Å². The van der Waals surface area contributed by atoms with E-state index in [0.717, 1.165) is 6.54 Å². The smallest absolute Gasteiger partial charge is 0.322 e. The fraction of sp³-hybridized carbons (Fsp3) is 0.364. The first-order valence-electron chi connectivity index (χ1n) is 5.08. The van der Waals surface area contributed by atoms with E-state index >= 15 is 0 Å². The van der Waals surface area contributed by atoms with E-state index < -0.39 is 16.2 Å². The third kappa shape index (κ3) is 3.16. The second-order valence-corrected chi connectivity index (χ2v) is 3.42. The zero-order valence-corrected chi connectivity index (χ0v) is 9.66. The van der Waals surface area contributed by atoms with Crippen LogP contribution in [0.3, 0.4) is 0 Å². The van der Waals surface area contributed by atoms with Crippen LogP contribution in [0, 0.1) is 28.9 Å². The van der Waals surface area contributed by atoms with Gasteiger partial charge in [0.05, 0.1) is 10.5 Å². The fourth-order valence-corrected chi connectivity index (χ4v) is 1.31. The average molecular weight is 235 g/mol. The van der Waals surface area contributed by atoms with Crippen molar-refractivity contribution < 1.29 is 4.92 Å². The van der Waals surface area contributed by atoms with Crippen molar-refractivity contribution in [3.63, 3.8) is 0 Å². The fourth-order valence-electron chi connectivity index (χ4n) is 1.31. The van der Waals surface area contributed by atoms with Crippen LogP contribution in [0.5, 0.6) is 0 Å². The van der Waals surface area contributed by atoms with E-state index in [1.807, 2.05) is 7.05 Å². The summed E-state index contributed by atoms with van der Waals surface area (Å²) in [4.78, 5) is 23.6. The number of aromatic amines is 1. The third-order valence-corrected chi connectivity index (χ3v) is 2.23. The van der Waals surface area contributed by atoms with Crippen LogP contribution in [0.25, 0.3) is 0 Å².